The summed E-state index contributed by atoms with van der Waals surface area (Å²) in [5.74, 6) is 4.45. The molecule has 18 heavy (non-hydrogen) atoms. The van der Waals surface area contributed by atoms with Crippen molar-refractivity contribution in [3.8, 4) is 0 Å². The smallest absolute Gasteiger partial charge is 0.321 e. The zero-order valence-corrected chi connectivity index (χ0v) is 10.2. The number of rotatable bonds is 6. The Labute approximate surface area is 105 Å². The van der Waals surface area contributed by atoms with E-state index in [9.17, 15) is 9.59 Å². The van der Waals surface area contributed by atoms with Crippen LogP contribution >= 0.6 is 0 Å². The molecule has 2 N–H and O–H groups in total. The van der Waals surface area contributed by atoms with Crippen LogP contribution < -0.4 is 5.84 Å². The van der Waals surface area contributed by atoms with E-state index < -0.39 is 11.9 Å². The lowest BCUT2D eigenvalue weighted by molar-refractivity contribution is -0.148. The van der Waals surface area contributed by atoms with Crippen molar-refractivity contribution >= 4 is 11.9 Å². The molecule has 98 valence electrons. The van der Waals surface area contributed by atoms with Crippen LogP contribution in [0.1, 0.15) is 5.56 Å². The van der Waals surface area contributed by atoms with Gasteiger partial charge in [-0.05, 0) is 5.56 Å². The molecule has 6 nitrogen and oxygen atoms in total. The van der Waals surface area contributed by atoms with Crippen LogP contribution in [0.4, 0.5) is 0 Å². The van der Waals surface area contributed by atoms with Crippen LogP contribution in [-0.4, -0.2) is 37.1 Å². The fourth-order valence-electron chi connectivity index (χ4n) is 1.24. The molecule has 0 aromatic heterocycles. The lowest BCUT2D eigenvalue weighted by Crippen LogP contribution is -2.40. The molecule has 0 unspecified atom stereocenters. The highest BCUT2D eigenvalue weighted by atomic mass is 16.5. The summed E-state index contributed by atoms with van der Waals surface area (Å²) in [5.41, 5.74) is 0.891. The summed E-state index contributed by atoms with van der Waals surface area (Å²) in [6.45, 7) is -0.134. The zero-order chi connectivity index (χ0) is 13.4. The van der Waals surface area contributed by atoms with Crippen LogP contribution in [0.2, 0.25) is 0 Å². The van der Waals surface area contributed by atoms with Crippen LogP contribution in [0, 0.1) is 0 Å². The number of nitrogens with zero attached hydrogens (tertiary/aromatic N) is 1. The summed E-state index contributed by atoms with van der Waals surface area (Å²) in [7, 11) is 1.25. The molecule has 0 atom stereocenters. The average molecular weight is 252 g/mol. The molecule has 0 radical (unpaired) electrons. The Morgan fingerprint density at radius 2 is 1.78 bits per heavy atom. The van der Waals surface area contributed by atoms with Gasteiger partial charge < -0.3 is 9.47 Å². The molecule has 1 aromatic carbocycles. The summed E-state index contributed by atoms with van der Waals surface area (Å²) in [4.78, 5) is 22.3. The maximum Gasteiger partial charge on any atom is 0.321 e. The summed E-state index contributed by atoms with van der Waals surface area (Å²) in [6.07, 6.45) is 0. The number of nitrogens with two attached hydrogens (primary N) is 1. The van der Waals surface area contributed by atoms with Crippen molar-refractivity contribution in [1.29, 1.82) is 0 Å². The van der Waals surface area contributed by atoms with Crippen molar-refractivity contribution in [2.75, 3.05) is 20.2 Å². The Morgan fingerprint density at radius 1 is 1.17 bits per heavy atom. The minimum Gasteiger partial charge on any atom is -0.468 e. The van der Waals surface area contributed by atoms with E-state index in [4.69, 9.17) is 10.6 Å². The van der Waals surface area contributed by atoms with E-state index in [2.05, 4.69) is 4.74 Å². The van der Waals surface area contributed by atoms with E-state index in [0.717, 1.165) is 10.6 Å². The number of methoxy groups -OCH3 is 1. The molecule has 1 aromatic rings. The van der Waals surface area contributed by atoms with Crippen LogP contribution in [0.5, 0.6) is 0 Å². The molecule has 0 bridgehead atoms. The first-order valence-corrected chi connectivity index (χ1v) is 5.38. The minimum absolute atomic E-state index is 0.156. The van der Waals surface area contributed by atoms with E-state index in [1.165, 1.54) is 7.11 Å². The predicted octanol–water partition coefficient (Wildman–Crippen LogP) is 0.0785. The van der Waals surface area contributed by atoms with Gasteiger partial charge in [-0.25, -0.2) is 5.01 Å². The fourth-order valence-corrected chi connectivity index (χ4v) is 1.24. The third-order valence-electron chi connectivity index (χ3n) is 2.13. The van der Waals surface area contributed by atoms with Crippen LogP contribution in [0.25, 0.3) is 0 Å². The molecule has 0 saturated carbocycles. The van der Waals surface area contributed by atoms with Crippen molar-refractivity contribution in [2.24, 2.45) is 5.84 Å². The number of carbonyl (C=O) groups is 2. The molecule has 6 heteroatoms. The monoisotopic (exact) mass is 252 g/mol. The Bertz CT molecular complexity index is 394. The number of carbonyl (C=O) groups excluding carboxylic acids is 2. The molecule has 1 rings (SSSR count). The highest BCUT2D eigenvalue weighted by molar-refractivity contribution is 5.74. The second kappa shape index (κ2) is 7.41. The number of hydrazine groups is 1. The van der Waals surface area contributed by atoms with Gasteiger partial charge in [0, 0.05) is 0 Å². The summed E-state index contributed by atoms with van der Waals surface area (Å²) in [6, 6.07) is 9.29. The van der Waals surface area contributed by atoms with Crippen molar-refractivity contribution in [3.63, 3.8) is 0 Å². The van der Waals surface area contributed by atoms with Crippen molar-refractivity contribution in [2.45, 2.75) is 6.61 Å². The average Bonchev–Trinajstić information content (AvgIpc) is 2.37. The van der Waals surface area contributed by atoms with E-state index in [-0.39, 0.29) is 19.7 Å². The maximum atomic E-state index is 11.4. The number of hydrogen-bond donors (Lipinski definition) is 1. The third-order valence-corrected chi connectivity index (χ3v) is 2.13. The first-order chi connectivity index (χ1) is 8.61. The Balaban J connectivity index is 2.27. The second-order valence-corrected chi connectivity index (χ2v) is 3.63. The first-order valence-electron chi connectivity index (χ1n) is 5.38. The number of ether oxygens (including phenoxy) is 2. The zero-order valence-electron chi connectivity index (χ0n) is 10.2. The second-order valence-electron chi connectivity index (χ2n) is 3.63. The number of benzene rings is 1. The summed E-state index contributed by atoms with van der Waals surface area (Å²) >= 11 is 0. The molecule has 0 heterocycles. The molecule has 0 aliphatic heterocycles. The normalized spacial score (nSPS) is 10.2. The lowest BCUT2D eigenvalue weighted by Gasteiger charge is -2.13. The van der Waals surface area contributed by atoms with Gasteiger partial charge in [-0.15, -0.1) is 0 Å². The SMILES string of the molecule is COC(=O)CN(N)CC(=O)OCc1ccccc1. The topological polar surface area (TPSA) is 81.9 Å². The highest BCUT2D eigenvalue weighted by Crippen LogP contribution is 2.00. The Hall–Kier alpha value is -1.92. The molecule has 0 aliphatic carbocycles. The predicted molar refractivity (Wildman–Crippen MR) is 64.0 cm³/mol. The number of esters is 2. The maximum absolute atomic E-state index is 11.4. The van der Waals surface area contributed by atoms with Crippen LogP contribution in [0.15, 0.2) is 30.3 Å². The third kappa shape index (κ3) is 5.42. The van der Waals surface area contributed by atoms with Gasteiger partial charge in [0.2, 0.25) is 0 Å². The molecular weight excluding hydrogens is 236 g/mol. The molecule has 0 amide bonds. The van der Waals surface area contributed by atoms with E-state index in [1.807, 2.05) is 30.3 Å². The van der Waals surface area contributed by atoms with Crippen LogP contribution in [-0.2, 0) is 25.7 Å². The standard InChI is InChI=1S/C12H16N2O4/c1-17-11(15)7-14(13)8-12(16)18-9-10-5-3-2-4-6-10/h2-6H,7-9,13H2,1H3. The van der Waals surface area contributed by atoms with Gasteiger partial charge in [0.1, 0.15) is 19.7 Å². The first kappa shape index (κ1) is 14.1. The Kier molecular flexibility index (Phi) is 5.83. The van der Waals surface area contributed by atoms with Gasteiger partial charge in [0.05, 0.1) is 7.11 Å². The molecule has 0 aliphatic rings. The fraction of sp³-hybridized carbons (Fsp3) is 0.333. The Morgan fingerprint density at radius 3 is 2.39 bits per heavy atom. The molecular formula is C12H16N2O4. The van der Waals surface area contributed by atoms with Gasteiger partial charge >= 0.3 is 11.9 Å². The summed E-state index contributed by atoms with van der Waals surface area (Å²) in [5, 5.41) is 1.04. The van der Waals surface area contributed by atoms with Gasteiger partial charge in [-0.1, -0.05) is 30.3 Å². The van der Waals surface area contributed by atoms with Crippen molar-refractivity contribution in [1.82, 2.24) is 5.01 Å². The van der Waals surface area contributed by atoms with Gasteiger partial charge in [-0.2, -0.15) is 0 Å². The number of hydrogen-bond acceptors (Lipinski definition) is 6. The quantitative estimate of drug-likeness (QED) is 0.438. The molecule has 0 spiro atoms. The van der Waals surface area contributed by atoms with Gasteiger partial charge in [0.25, 0.3) is 0 Å². The van der Waals surface area contributed by atoms with Gasteiger partial charge in [0.15, 0.2) is 0 Å². The lowest BCUT2D eigenvalue weighted by atomic mass is 10.2. The van der Waals surface area contributed by atoms with Crippen molar-refractivity contribution < 1.29 is 19.1 Å². The van der Waals surface area contributed by atoms with E-state index in [1.54, 1.807) is 0 Å². The van der Waals surface area contributed by atoms with Crippen molar-refractivity contribution in [3.05, 3.63) is 35.9 Å². The molecule has 0 saturated heterocycles. The largest absolute Gasteiger partial charge is 0.468 e. The van der Waals surface area contributed by atoms with Crippen LogP contribution in [0.3, 0.4) is 0 Å². The van der Waals surface area contributed by atoms with Gasteiger partial charge in [-0.3, -0.25) is 15.4 Å². The molecule has 0 fully saturated rings. The van der Waals surface area contributed by atoms with E-state index in [0.29, 0.717) is 0 Å². The highest BCUT2D eigenvalue weighted by Gasteiger charge is 2.12. The van der Waals surface area contributed by atoms with E-state index >= 15 is 0 Å². The minimum atomic E-state index is -0.506. The summed E-state index contributed by atoms with van der Waals surface area (Å²) < 4.78 is 9.42.